The summed E-state index contributed by atoms with van der Waals surface area (Å²) in [4.78, 5) is 12.6. The molecule has 0 aliphatic rings. The van der Waals surface area contributed by atoms with Crippen molar-refractivity contribution in [2.75, 3.05) is 5.32 Å². The van der Waals surface area contributed by atoms with E-state index in [2.05, 4.69) is 53.1 Å². The summed E-state index contributed by atoms with van der Waals surface area (Å²) in [5.41, 5.74) is 1.25. The van der Waals surface area contributed by atoms with E-state index >= 15 is 0 Å². The summed E-state index contributed by atoms with van der Waals surface area (Å²) < 4.78 is 15.5. The van der Waals surface area contributed by atoms with Crippen molar-refractivity contribution in [2.24, 2.45) is 0 Å². The third kappa shape index (κ3) is 3.45. The van der Waals surface area contributed by atoms with E-state index in [1.807, 2.05) is 0 Å². The number of hydrogen-bond acceptors (Lipinski definition) is 2. The van der Waals surface area contributed by atoms with Crippen molar-refractivity contribution in [1.82, 2.24) is 0 Å². The van der Waals surface area contributed by atoms with Gasteiger partial charge in [0.25, 0.3) is 5.91 Å². The molecule has 1 heterocycles. The number of carbonyl (C=O) groups excluding carboxylic acids is 1. The van der Waals surface area contributed by atoms with Gasteiger partial charge in [-0.2, -0.15) is 0 Å². The van der Waals surface area contributed by atoms with Gasteiger partial charge < -0.3 is 5.32 Å². The van der Waals surface area contributed by atoms with Gasteiger partial charge in [0.05, 0.1) is 13.1 Å². The lowest BCUT2D eigenvalue weighted by Gasteiger charge is -2.08. The molecule has 1 amide bonds. The van der Waals surface area contributed by atoms with E-state index in [1.54, 1.807) is 19.1 Å². The molecule has 1 N–H and O–H groups in total. The number of thiophene rings is 1. The molecule has 0 unspecified atom stereocenters. The van der Waals surface area contributed by atoms with Crippen LogP contribution in [0.15, 0.2) is 30.9 Å². The zero-order valence-corrected chi connectivity index (χ0v) is 15.1. The maximum atomic E-state index is 13.5. The van der Waals surface area contributed by atoms with Gasteiger partial charge >= 0.3 is 0 Å². The monoisotopic (exact) mass is 469 g/mol. The lowest BCUT2D eigenvalue weighted by atomic mass is 10.2. The fraction of sp³-hybridized carbons (Fsp3) is 0.0833. The molecule has 0 radical (unpaired) electrons. The number of anilines is 1. The van der Waals surface area contributed by atoms with Crippen LogP contribution >= 0.6 is 59.1 Å². The number of aryl methyl sites for hydroxylation is 1. The topological polar surface area (TPSA) is 29.1 Å². The van der Waals surface area contributed by atoms with E-state index in [0.717, 1.165) is 13.8 Å². The van der Waals surface area contributed by atoms with Crippen LogP contribution in [0.5, 0.6) is 0 Å². The third-order valence-electron chi connectivity index (χ3n) is 2.38. The van der Waals surface area contributed by atoms with Crippen molar-refractivity contribution >= 4 is 70.7 Å². The van der Waals surface area contributed by atoms with Crippen LogP contribution in [0.2, 0.25) is 0 Å². The quantitative estimate of drug-likeness (QED) is 0.595. The molecule has 7 heteroatoms. The highest BCUT2D eigenvalue weighted by molar-refractivity contribution is 9.13. The van der Waals surface area contributed by atoms with Gasteiger partial charge in [-0.25, -0.2) is 4.39 Å². The third-order valence-corrected chi connectivity index (χ3v) is 6.25. The Bertz CT molecular complexity index is 637. The first-order valence-corrected chi connectivity index (χ1v) is 8.30. The Labute approximate surface area is 138 Å². The normalized spacial score (nSPS) is 10.6. The minimum atomic E-state index is -0.408. The summed E-state index contributed by atoms with van der Waals surface area (Å²) in [6.45, 7) is 1.81. The summed E-state index contributed by atoms with van der Waals surface area (Å²) in [5, 5.41) is 2.70. The number of rotatable bonds is 2. The van der Waals surface area contributed by atoms with Crippen LogP contribution in [-0.4, -0.2) is 5.91 Å². The number of hydrogen-bond donors (Lipinski definition) is 1. The molecule has 2 nitrogen and oxygen atoms in total. The molecule has 2 aromatic rings. The second-order valence-electron chi connectivity index (χ2n) is 3.77. The van der Waals surface area contributed by atoms with E-state index in [1.165, 1.54) is 17.4 Å². The standard InChI is InChI=1S/C12H7Br3FNOS/c1-5-2-6(13)8(16)4-9(5)17-12(18)10-3-7(14)11(15)19-10/h2-4H,1H3,(H,17,18). The zero-order chi connectivity index (χ0) is 14.2. The molecule has 0 fully saturated rings. The molecule has 0 saturated heterocycles. The molecule has 100 valence electrons. The molecule has 0 spiro atoms. The van der Waals surface area contributed by atoms with E-state index < -0.39 is 5.82 Å². The largest absolute Gasteiger partial charge is 0.321 e. The second kappa shape index (κ2) is 6.03. The molecule has 1 aromatic carbocycles. The van der Waals surface area contributed by atoms with Crippen molar-refractivity contribution in [3.05, 3.63) is 47.2 Å². The molecular weight excluding hydrogens is 465 g/mol. The van der Waals surface area contributed by atoms with Crippen molar-refractivity contribution in [3.63, 3.8) is 0 Å². The van der Waals surface area contributed by atoms with Crippen molar-refractivity contribution in [1.29, 1.82) is 0 Å². The molecule has 0 saturated carbocycles. The fourth-order valence-corrected chi connectivity index (χ4v) is 3.81. The van der Waals surface area contributed by atoms with E-state index in [4.69, 9.17) is 0 Å². The van der Waals surface area contributed by atoms with Crippen LogP contribution in [0.1, 0.15) is 15.2 Å². The van der Waals surface area contributed by atoms with E-state index in [0.29, 0.717) is 15.0 Å². The molecule has 0 aliphatic carbocycles. The van der Waals surface area contributed by atoms with Crippen LogP contribution < -0.4 is 5.32 Å². The van der Waals surface area contributed by atoms with Crippen LogP contribution in [0.25, 0.3) is 0 Å². The number of nitrogens with one attached hydrogen (secondary N) is 1. The summed E-state index contributed by atoms with van der Waals surface area (Å²) in [6.07, 6.45) is 0. The van der Waals surface area contributed by atoms with Gasteiger partial charge in [0, 0.05) is 10.2 Å². The Morgan fingerprint density at radius 3 is 2.47 bits per heavy atom. The van der Waals surface area contributed by atoms with Gasteiger partial charge in [0.15, 0.2) is 0 Å². The van der Waals surface area contributed by atoms with E-state index in [-0.39, 0.29) is 5.91 Å². The molecule has 1 aromatic heterocycles. The van der Waals surface area contributed by atoms with Gasteiger partial charge in [0.2, 0.25) is 0 Å². The Kier molecular flexibility index (Phi) is 4.81. The molecule has 0 atom stereocenters. The highest BCUT2D eigenvalue weighted by Gasteiger charge is 2.14. The molecule has 0 bridgehead atoms. The molecule has 19 heavy (non-hydrogen) atoms. The Morgan fingerprint density at radius 2 is 1.89 bits per heavy atom. The van der Waals surface area contributed by atoms with Crippen LogP contribution in [0, 0.1) is 12.7 Å². The van der Waals surface area contributed by atoms with Crippen molar-refractivity contribution < 1.29 is 9.18 Å². The maximum absolute atomic E-state index is 13.5. The van der Waals surface area contributed by atoms with Crippen LogP contribution in [0.3, 0.4) is 0 Å². The average Bonchev–Trinajstić information content (AvgIpc) is 2.67. The van der Waals surface area contributed by atoms with E-state index in [9.17, 15) is 9.18 Å². The number of carbonyl (C=O) groups is 1. The van der Waals surface area contributed by atoms with Crippen molar-refractivity contribution in [2.45, 2.75) is 6.92 Å². The second-order valence-corrected chi connectivity index (χ2v) is 7.85. The smallest absolute Gasteiger partial charge is 0.265 e. The van der Waals surface area contributed by atoms with Gasteiger partial charge in [-0.05, 0) is 78.5 Å². The predicted octanol–water partition coefficient (Wildman–Crippen LogP) is 5.74. The van der Waals surface area contributed by atoms with Gasteiger partial charge in [-0.15, -0.1) is 11.3 Å². The highest BCUT2D eigenvalue weighted by Crippen LogP contribution is 2.33. The van der Waals surface area contributed by atoms with Crippen molar-refractivity contribution in [3.8, 4) is 0 Å². The summed E-state index contributed by atoms with van der Waals surface area (Å²) in [6, 6.07) is 4.65. The first-order valence-electron chi connectivity index (χ1n) is 5.10. The molecule has 2 rings (SSSR count). The average molecular weight is 472 g/mol. The minimum absolute atomic E-state index is 0.263. The van der Waals surface area contributed by atoms with Crippen LogP contribution in [0.4, 0.5) is 10.1 Å². The van der Waals surface area contributed by atoms with Gasteiger partial charge in [-0.1, -0.05) is 0 Å². The summed E-state index contributed by atoms with van der Waals surface area (Å²) in [5.74, 6) is -0.671. The minimum Gasteiger partial charge on any atom is -0.321 e. The molecular formula is C12H7Br3FNOS. The van der Waals surface area contributed by atoms with Gasteiger partial charge in [-0.3, -0.25) is 4.79 Å². The van der Waals surface area contributed by atoms with Gasteiger partial charge in [0.1, 0.15) is 5.82 Å². The Balaban J connectivity index is 2.26. The molecule has 0 aliphatic heterocycles. The SMILES string of the molecule is Cc1cc(Br)c(F)cc1NC(=O)c1cc(Br)c(Br)s1. The number of amides is 1. The number of benzene rings is 1. The predicted molar refractivity (Wildman–Crippen MR) is 86.5 cm³/mol. The summed E-state index contributed by atoms with van der Waals surface area (Å²) in [7, 11) is 0. The highest BCUT2D eigenvalue weighted by atomic mass is 79.9. The first kappa shape index (κ1) is 15.2. The fourth-order valence-electron chi connectivity index (χ4n) is 1.42. The summed E-state index contributed by atoms with van der Waals surface area (Å²) >= 11 is 11.1. The lowest BCUT2D eigenvalue weighted by molar-refractivity contribution is 0.103. The first-order chi connectivity index (χ1) is 8.88. The Morgan fingerprint density at radius 1 is 1.21 bits per heavy atom. The number of halogens is 4. The maximum Gasteiger partial charge on any atom is 0.265 e. The zero-order valence-electron chi connectivity index (χ0n) is 9.56. The Hall–Kier alpha value is -0.240. The van der Waals surface area contributed by atoms with Crippen LogP contribution in [-0.2, 0) is 0 Å². The lowest BCUT2D eigenvalue weighted by Crippen LogP contribution is -2.11.